The molecule has 4 rings (SSSR count). The van der Waals surface area contributed by atoms with E-state index in [-0.39, 0.29) is 6.10 Å². The lowest BCUT2D eigenvalue weighted by Crippen LogP contribution is -2.36. The quantitative estimate of drug-likeness (QED) is 0.851. The van der Waals surface area contributed by atoms with Crippen molar-refractivity contribution in [2.24, 2.45) is 0 Å². The molecule has 2 saturated heterocycles. The van der Waals surface area contributed by atoms with Gasteiger partial charge >= 0.3 is 0 Å². The number of aryl methyl sites for hydroxylation is 1. The Kier molecular flexibility index (Phi) is 4.81. The van der Waals surface area contributed by atoms with Crippen LogP contribution in [0.15, 0.2) is 30.6 Å². The van der Waals surface area contributed by atoms with Gasteiger partial charge in [0.05, 0.1) is 26.4 Å². The molecule has 1 unspecified atom stereocenters. The Bertz CT molecular complexity index is 726. The average molecular weight is 341 g/mol. The van der Waals surface area contributed by atoms with E-state index in [1.807, 2.05) is 25.4 Å². The van der Waals surface area contributed by atoms with Crippen molar-refractivity contribution in [2.45, 2.75) is 19.4 Å². The zero-order valence-corrected chi connectivity index (χ0v) is 14.5. The summed E-state index contributed by atoms with van der Waals surface area (Å²) in [7, 11) is 0. The Hall–Kier alpha value is -2.18. The van der Waals surface area contributed by atoms with E-state index in [4.69, 9.17) is 14.2 Å². The Morgan fingerprint density at radius 2 is 2.04 bits per heavy atom. The fourth-order valence-electron chi connectivity index (χ4n) is 3.26. The second kappa shape index (κ2) is 7.37. The molecule has 4 heterocycles. The summed E-state index contributed by atoms with van der Waals surface area (Å²) in [5.41, 5.74) is 4.17. The third kappa shape index (κ3) is 3.60. The van der Waals surface area contributed by atoms with Gasteiger partial charge in [0.25, 0.3) is 0 Å². The molecule has 0 aromatic carbocycles. The van der Waals surface area contributed by atoms with Crippen molar-refractivity contribution >= 4 is 5.69 Å². The first-order valence-corrected chi connectivity index (χ1v) is 8.80. The molecule has 6 nitrogen and oxygen atoms in total. The number of rotatable bonds is 4. The SMILES string of the molecule is Cc1ncccc1-c1cnc(OC2CCOC2)c(N2CCOCC2)c1. The van der Waals surface area contributed by atoms with Gasteiger partial charge in [-0.1, -0.05) is 6.07 Å². The molecule has 0 bridgehead atoms. The van der Waals surface area contributed by atoms with Crippen LogP contribution in [-0.2, 0) is 9.47 Å². The highest BCUT2D eigenvalue weighted by atomic mass is 16.5. The highest BCUT2D eigenvalue weighted by Gasteiger charge is 2.23. The van der Waals surface area contributed by atoms with Crippen LogP contribution in [0.25, 0.3) is 11.1 Å². The summed E-state index contributed by atoms with van der Waals surface area (Å²) < 4.78 is 17.1. The summed E-state index contributed by atoms with van der Waals surface area (Å²) in [6.45, 7) is 6.54. The number of pyridine rings is 2. The number of morpholine rings is 1. The van der Waals surface area contributed by atoms with Crippen LogP contribution >= 0.6 is 0 Å². The molecule has 0 N–H and O–H groups in total. The van der Waals surface area contributed by atoms with Crippen LogP contribution in [-0.4, -0.2) is 55.6 Å². The van der Waals surface area contributed by atoms with Crippen molar-refractivity contribution in [3.8, 4) is 17.0 Å². The van der Waals surface area contributed by atoms with Crippen LogP contribution in [0.3, 0.4) is 0 Å². The van der Waals surface area contributed by atoms with Crippen LogP contribution in [0.1, 0.15) is 12.1 Å². The Morgan fingerprint density at radius 3 is 2.80 bits per heavy atom. The summed E-state index contributed by atoms with van der Waals surface area (Å²) in [4.78, 5) is 11.3. The second-order valence-corrected chi connectivity index (χ2v) is 6.39. The molecule has 2 aromatic rings. The average Bonchev–Trinajstić information content (AvgIpc) is 3.16. The van der Waals surface area contributed by atoms with E-state index in [1.54, 1.807) is 0 Å². The fourth-order valence-corrected chi connectivity index (χ4v) is 3.26. The third-order valence-electron chi connectivity index (χ3n) is 4.67. The van der Waals surface area contributed by atoms with Crippen molar-refractivity contribution in [3.63, 3.8) is 0 Å². The van der Waals surface area contributed by atoms with Gasteiger partial charge in [0.15, 0.2) is 0 Å². The summed E-state index contributed by atoms with van der Waals surface area (Å²) in [6, 6.07) is 6.19. The molecule has 0 aliphatic carbocycles. The van der Waals surface area contributed by atoms with Gasteiger partial charge < -0.3 is 19.1 Å². The van der Waals surface area contributed by atoms with Crippen LogP contribution in [0.2, 0.25) is 0 Å². The minimum Gasteiger partial charge on any atom is -0.470 e. The molecule has 1 atom stereocenters. The molecule has 2 aromatic heterocycles. The molecule has 2 fully saturated rings. The topological polar surface area (TPSA) is 56.7 Å². The van der Waals surface area contributed by atoms with Crippen molar-refractivity contribution in [2.75, 3.05) is 44.4 Å². The number of anilines is 1. The fraction of sp³-hybridized carbons (Fsp3) is 0.474. The molecule has 0 saturated carbocycles. The predicted molar refractivity (Wildman–Crippen MR) is 95.1 cm³/mol. The van der Waals surface area contributed by atoms with Gasteiger partial charge in [-0.3, -0.25) is 4.98 Å². The summed E-state index contributed by atoms with van der Waals surface area (Å²) in [5, 5.41) is 0. The monoisotopic (exact) mass is 341 g/mol. The predicted octanol–water partition coefficient (Wildman–Crippen LogP) is 2.46. The zero-order valence-electron chi connectivity index (χ0n) is 14.5. The lowest BCUT2D eigenvalue weighted by atomic mass is 10.1. The molecule has 25 heavy (non-hydrogen) atoms. The van der Waals surface area contributed by atoms with Crippen molar-refractivity contribution in [1.82, 2.24) is 9.97 Å². The van der Waals surface area contributed by atoms with E-state index in [0.29, 0.717) is 12.5 Å². The van der Waals surface area contributed by atoms with Gasteiger partial charge in [-0.15, -0.1) is 0 Å². The van der Waals surface area contributed by atoms with Gasteiger partial charge in [-0.2, -0.15) is 0 Å². The normalized spacial score (nSPS) is 20.7. The maximum absolute atomic E-state index is 6.15. The van der Waals surface area contributed by atoms with E-state index >= 15 is 0 Å². The minimum atomic E-state index is 0.0817. The Morgan fingerprint density at radius 1 is 1.16 bits per heavy atom. The van der Waals surface area contributed by atoms with E-state index < -0.39 is 0 Å². The first kappa shape index (κ1) is 16.3. The van der Waals surface area contributed by atoms with Crippen LogP contribution in [0.5, 0.6) is 5.88 Å². The lowest BCUT2D eigenvalue weighted by Gasteiger charge is -2.30. The first-order chi connectivity index (χ1) is 12.3. The van der Waals surface area contributed by atoms with E-state index in [9.17, 15) is 0 Å². The maximum Gasteiger partial charge on any atom is 0.237 e. The smallest absolute Gasteiger partial charge is 0.237 e. The molecule has 0 radical (unpaired) electrons. The largest absolute Gasteiger partial charge is 0.470 e. The van der Waals surface area contributed by atoms with Gasteiger partial charge in [0, 0.05) is 48.7 Å². The molecule has 132 valence electrons. The third-order valence-corrected chi connectivity index (χ3v) is 4.67. The van der Waals surface area contributed by atoms with Gasteiger partial charge in [0.2, 0.25) is 5.88 Å². The number of nitrogens with zero attached hydrogens (tertiary/aromatic N) is 3. The van der Waals surface area contributed by atoms with E-state index in [0.717, 1.165) is 61.8 Å². The van der Waals surface area contributed by atoms with Crippen LogP contribution < -0.4 is 9.64 Å². The van der Waals surface area contributed by atoms with Gasteiger partial charge in [-0.25, -0.2) is 4.98 Å². The zero-order chi connectivity index (χ0) is 17.1. The van der Waals surface area contributed by atoms with Crippen LogP contribution in [0, 0.1) is 6.92 Å². The number of aromatic nitrogens is 2. The van der Waals surface area contributed by atoms with Crippen molar-refractivity contribution in [1.29, 1.82) is 0 Å². The number of hydrogen-bond acceptors (Lipinski definition) is 6. The molecule has 0 amide bonds. The minimum absolute atomic E-state index is 0.0817. The summed E-state index contributed by atoms with van der Waals surface area (Å²) in [6.07, 6.45) is 4.68. The van der Waals surface area contributed by atoms with Crippen LogP contribution in [0.4, 0.5) is 5.69 Å². The van der Waals surface area contributed by atoms with Gasteiger partial charge in [0.1, 0.15) is 11.8 Å². The van der Waals surface area contributed by atoms with Crippen molar-refractivity contribution in [3.05, 3.63) is 36.3 Å². The molecule has 2 aliphatic rings. The standard InChI is InChI=1S/C19H23N3O3/c1-14-17(3-2-5-20-14)15-11-18(22-6-9-23-10-7-22)19(21-12-15)25-16-4-8-24-13-16/h2-3,5,11-12,16H,4,6-10,13H2,1H3. The highest BCUT2D eigenvalue weighted by molar-refractivity contribution is 5.71. The van der Waals surface area contributed by atoms with Crippen molar-refractivity contribution < 1.29 is 14.2 Å². The lowest BCUT2D eigenvalue weighted by molar-refractivity contribution is 0.120. The molecular weight excluding hydrogens is 318 g/mol. The second-order valence-electron chi connectivity index (χ2n) is 6.39. The highest BCUT2D eigenvalue weighted by Crippen LogP contribution is 2.33. The van der Waals surface area contributed by atoms with E-state index in [1.165, 1.54) is 0 Å². The van der Waals surface area contributed by atoms with E-state index in [2.05, 4.69) is 27.0 Å². The molecule has 2 aliphatic heterocycles. The number of ether oxygens (including phenoxy) is 3. The Labute approximate surface area is 147 Å². The van der Waals surface area contributed by atoms with Gasteiger partial charge in [-0.05, 0) is 19.1 Å². The summed E-state index contributed by atoms with van der Waals surface area (Å²) in [5.74, 6) is 0.683. The Balaban J connectivity index is 1.69. The molecular formula is C19H23N3O3. The molecule has 0 spiro atoms. The number of hydrogen-bond donors (Lipinski definition) is 0. The maximum atomic E-state index is 6.15. The summed E-state index contributed by atoms with van der Waals surface area (Å²) >= 11 is 0. The molecule has 6 heteroatoms. The first-order valence-electron chi connectivity index (χ1n) is 8.80.